The van der Waals surface area contributed by atoms with Crippen LogP contribution < -0.4 is 5.32 Å². The quantitative estimate of drug-likeness (QED) is 0.680. The number of nitrogens with zero attached hydrogens (tertiary/aromatic N) is 2. The van der Waals surface area contributed by atoms with Gasteiger partial charge in [0, 0.05) is 17.8 Å². The third-order valence-corrected chi connectivity index (χ3v) is 2.51. The van der Waals surface area contributed by atoms with Crippen LogP contribution in [0.15, 0.2) is 6.20 Å². The molecular formula is C11H17N3. The second-order valence-corrected chi connectivity index (χ2v) is 4.77. The van der Waals surface area contributed by atoms with Crippen LogP contribution in [0, 0.1) is 6.92 Å². The average molecular weight is 191 g/mol. The van der Waals surface area contributed by atoms with Crippen LogP contribution >= 0.6 is 0 Å². The number of aryl methyl sites for hydroxylation is 1. The van der Waals surface area contributed by atoms with Crippen molar-refractivity contribution in [1.29, 1.82) is 0 Å². The standard InChI is InChI=1S/C11H17N3/c1-8-13-10(11(2,3)4)9-7-12-5-6-14(8)9/h5-6,12H,7H2,1-4H3. The lowest BCUT2D eigenvalue weighted by molar-refractivity contribution is 0.559. The van der Waals surface area contributed by atoms with Crippen LogP contribution in [-0.2, 0) is 12.0 Å². The van der Waals surface area contributed by atoms with E-state index in [1.807, 2.05) is 12.4 Å². The predicted octanol–water partition coefficient (Wildman–Crippen LogP) is 2.02. The maximum Gasteiger partial charge on any atom is 0.110 e. The van der Waals surface area contributed by atoms with Gasteiger partial charge in [-0.2, -0.15) is 0 Å². The largest absolute Gasteiger partial charge is 0.384 e. The summed E-state index contributed by atoms with van der Waals surface area (Å²) in [4.78, 5) is 4.64. The van der Waals surface area contributed by atoms with Crippen LogP contribution in [0.3, 0.4) is 0 Å². The van der Waals surface area contributed by atoms with Crippen LogP contribution in [0.25, 0.3) is 6.20 Å². The van der Waals surface area contributed by atoms with Crippen molar-refractivity contribution in [2.75, 3.05) is 0 Å². The molecule has 14 heavy (non-hydrogen) atoms. The maximum absolute atomic E-state index is 4.64. The summed E-state index contributed by atoms with van der Waals surface area (Å²) in [6.07, 6.45) is 4.00. The number of hydrogen-bond acceptors (Lipinski definition) is 2. The van der Waals surface area contributed by atoms with Gasteiger partial charge >= 0.3 is 0 Å². The molecule has 3 nitrogen and oxygen atoms in total. The van der Waals surface area contributed by atoms with E-state index in [1.165, 1.54) is 11.4 Å². The van der Waals surface area contributed by atoms with Gasteiger partial charge in [0.25, 0.3) is 0 Å². The van der Waals surface area contributed by atoms with Crippen molar-refractivity contribution in [2.45, 2.75) is 39.7 Å². The smallest absolute Gasteiger partial charge is 0.110 e. The van der Waals surface area contributed by atoms with Crippen molar-refractivity contribution in [3.05, 3.63) is 23.4 Å². The molecule has 1 N–H and O–H groups in total. The van der Waals surface area contributed by atoms with E-state index in [0.29, 0.717) is 0 Å². The van der Waals surface area contributed by atoms with E-state index in [-0.39, 0.29) is 5.41 Å². The number of imidazole rings is 1. The minimum atomic E-state index is 0.123. The molecule has 2 heterocycles. The molecule has 0 aromatic carbocycles. The molecule has 1 aliphatic rings. The molecule has 0 fully saturated rings. The fraction of sp³-hybridized carbons (Fsp3) is 0.545. The fourth-order valence-electron chi connectivity index (χ4n) is 1.84. The van der Waals surface area contributed by atoms with Gasteiger partial charge in [0.1, 0.15) is 5.82 Å². The molecule has 0 amide bonds. The zero-order valence-corrected chi connectivity index (χ0v) is 9.26. The number of aromatic nitrogens is 2. The summed E-state index contributed by atoms with van der Waals surface area (Å²) in [6, 6.07) is 0. The van der Waals surface area contributed by atoms with Gasteiger partial charge in [-0.05, 0) is 6.92 Å². The number of hydrogen-bond donors (Lipinski definition) is 1. The predicted molar refractivity (Wildman–Crippen MR) is 57.8 cm³/mol. The molecule has 0 bridgehead atoms. The minimum absolute atomic E-state index is 0.123. The lowest BCUT2D eigenvalue weighted by Gasteiger charge is -2.20. The van der Waals surface area contributed by atoms with Gasteiger partial charge in [-0.1, -0.05) is 20.8 Å². The van der Waals surface area contributed by atoms with E-state index < -0.39 is 0 Å². The summed E-state index contributed by atoms with van der Waals surface area (Å²) in [5, 5.41) is 3.23. The van der Waals surface area contributed by atoms with E-state index in [9.17, 15) is 0 Å². The molecule has 0 radical (unpaired) electrons. The second-order valence-electron chi connectivity index (χ2n) is 4.77. The first-order valence-electron chi connectivity index (χ1n) is 4.98. The summed E-state index contributed by atoms with van der Waals surface area (Å²) in [5.41, 5.74) is 2.61. The molecule has 0 unspecified atom stereocenters. The maximum atomic E-state index is 4.64. The third-order valence-electron chi connectivity index (χ3n) is 2.51. The number of nitrogens with one attached hydrogen (secondary N) is 1. The Balaban J connectivity index is 2.59. The minimum Gasteiger partial charge on any atom is -0.384 e. The van der Waals surface area contributed by atoms with E-state index >= 15 is 0 Å². The van der Waals surface area contributed by atoms with Crippen molar-refractivity contribution in [1.82, 2.24) is 14.9 Å². The van der Waals surface area contributed by atoms with Gasteiger partial charge in [0.15, 0.2) is 0 Å². The second kappa shape index (κ2) is 2.87. The SMILES string of the molecule is Cc1nc(C(C)(C)C)c2n1C=CNC2. The molecule has 1 aliphatic heterocycles. The summed E-state index contributed by atoms with van der Waals surface area (Å²) in [7, 11) is 0. The normalized spacial score (nSPS) is 15.1. The summed E-state index contributed by atoms with van der Waals surface area (Å²) < 4.78 is 2.16. The van der Waals surface area contributed by atoms with E-state index in [1.54, 1.807) is 0 Å². The Labute approximate surface area is 84.8 Å². The molecule has 0 spiro atoms. The first-order chi connectivity index (χ1) is 6.50. The van der Waals surface area contributed by atoms with Crippen LogP contribution in [-0.4, -0.2) is 9.55 Å². The number of rotatable bonds is 0. The summed E-state index contributed by atoms with van der Waals surface area (Å²) in [5.74, 6) is 1.07. The van der Waals surface area contributed by atoms with Crippen molar-refractivity contribution >= 4 is 6.20 Å². The third kappa shape index (κ3) is 1.33. The Morgan fingerprint density at radius 3 is 2.79 bits per heavy atom. The van der Waals surface area contributed by atoms with Crippen LogP contribution in [0.1, 0.15) is 38.0 Å². The van der Waals surface area contributed by atoms with Crippen molar-refractivity contribution in [3.8, 4) is 0 Å². The van der Waals surface area contributed by atoms with Gasteiger partial charge < -0.3 is 9.88 Å². The molecule has 0 saturated carbocycles. The Morgan fingerprint density at radius 1 is 1.43 bits per heavy atom. The highest BCUT2D eigenvalue weighted by molar-refractivity contribution is 5.37. The average Bonchev–Trinajstić information content (AvgIpc) is 2.44. The van der Waals surface area contributed by atoms with Crippen LogP contribution in [0.5, 0.6) is 0 Å². The van der Waals surface area contributed by atoms with Crippen LogP contribution in [0.4, 0.5) is 0 Å². The van der Waals surface area contributed by atoms with Gasteiger partial charge in [-0.25, -0.2) is 4.98 Å². The van der Waals surface area contributed by atoms with Gasteiger partial charge in [0.2, 0.25) is 0 Å². The highest BCUT2D eigenvalue weighted by atomic mass is 15.1. The van der Waals surface area contributed by atoms with Gasteiger partial charge in [-0.15, -0.1) is 0 Å². The zero-order chi connectivity index (χ0) is 10.3. The monoisotopic (exact) mass is 191 g/mol. The zero-order valence-electron chi connectivity index (χ0n) is 9.26. The van der Waals surface area contributed by atoms with Gasteiger partial charge in [-0.3, -0.25) is 0 Å². The Morgan fingerprint density at radius 2 is 2.14 bits per heavy atom. The summed E-state index contributed by atoms with van der Waals surface area (Å²) in [6.45, 7) is 9.54. The topological polar surface area (TPSA) is 29.9 Å². The van der Waals surface area contributed by atoms with Crippen molar-refractivity contribution in [2.24, 2.45) is 0 Å². The molecule has 1 aromatic rings. The lowest BCUT2D eigenvalue weighted by Crippen LogP contribution is -2.20. The molecule has 3 heteroatoms. The van der Waals surface area contributed by atoms with Crippen molar-refractivity contribution < 1.29 is 0 Å². The van der Waals surface area contributed by atoms with Gasteiger partial charge in [0.05, 0.1) is 17.9 Å². The van der Waals surface area contributed by atoms with E-state index in [4.69, 9.17) is 0 Å². The highest BCUT2D eigenvalue weighted by Gasteiger charge is 2.24. The van der Waals surface area contributed by atoms with Crippen molar-refractivity contribution in [3.63, 3.8) is 0 Å². The summed E-state index contributed by atoms with van der Waals surface area (Å²) >= 11 is 0. The molecular weight excluding hydrogens is 174 g/mol. The molecule has 2 rings (SSSR count). The fourth-order valence-corrected chi connectivity index (χ4v) is 1.84. The molecule has 0 saturated heterocycles. The highest BCUT2D eigenvalue weighted by Crippen LogP contribution is 2.27. The molecule has 76 valence electrons. The lowest BCUT2D eigenvalue weighted by atomic mass is 9.90. The first-order valence-corrected chi connectivity index (χ1v) is 4.98. The first kappa shape index (κ1) is 9.31. The van der Waals surface area contributed by atoms with Crippen LogP contribution in [0.2, 0.25) is 0 Å². The Bertz CT molecular complexity index is 380. The molecule has 1 aromatic heterocycles. The van der Waals surface area contributed by atoms with E-state index in [2.05, 4.69) is 42.6 Å². The molecule has 0 aliphatic carbocycles. The van der Waals surface area contributed by atoms with E-state index in [0.717, 1.165) is 12.4 Å². The molecule has 0 atom stereocenters. The Kier molecular flexibility index (Phi) is 1.91. The number of fused-ring (bicyclic) bond motifs is 1. The Hall–Kier alpha value is -1.25.